The van der Waals surface area contributed by atoms with Crippen molar-refractivity contribution in [1.82, 2.24) is 15.2 Å². The third-order valence-electron chi connectivity index (χ3n) is 2.96. The fourth-order valence-electron chi connectivity index (χ4n) is 1.93. The van der Waals surface area contributed by atoms with Gasteiger partial charge in [0, 0.05) is 6.04 Å². The summed E-state index contributed by atoms with van der Waals surface area (Å²) in [7, 11) is 0. The fourth-order valence-corrected chi connectivity index (χ4v) is 2.49. The second-order valence-corrected chi connectivity index (χ2v) is 5.70. The average molecular weight is 306 g/mol. The van der Waals surface area contributed by atoms with E-state index in [2.05, 4.69) is 10.4 Å². The van der Waals surface area contributed by atoms with Gasteiger partial charge in [-0.15, -0.1) is 11.8 Å². The van der Waals surface area contributed by atoms with Gasteiger partial charge in [0.25, 0.3) is 0 Å². The van der Waals surface area contributed by atoms with Gasteiger partial charge in [-0.3, -0.25) is 0 Å². The van der Waals surface area contributed by atoms with Crippen LogP contribution in [-0.2, 0) is 0 Å². The van der Waals surface area contributed by atoms with E-state index in [-0.39, 0.29) is 12.1 Å². The smallest absolute Gasteiger partial charge is 0.307 e. The topological polar surface area (TPSA) is 65.0 Å². The summed E-state index contributed by atoms with van der Waals surface area (Å²) in [5.74, 6) is 0. The van der Waals surface area contributed by atoms with Gasteiger partial charge >= 0.3 is 12.1 Å². The van der Waals surface area contributed by atoms with Crippen LogP contribution in [0, 0.1) is 0 Å². The highest BCUT2D eigenvalue weighted by atomic mass is 32.2. The number of benzene rings is 1. The number of thioether (sulfide) groups is 1. The predicted octanol–water partition coefficient (Wildman–Crippen LogP) is 2.52. The number of carbonyl (C=O) groups excluding carboxylic acids is 2. The number of amides is 4. The Morgan fingerprint density at radius 2 is 1.95 bits per heavy atom. The zero-order chi connectivity index (χ0) is 15.4. The standard InChI is InChI=1S/C14H18N4O2S/c1-10(2)17-12(19)16-13(21-3)18(14(17)20)15-9-11-7-5-4-6-8-11/h4-10,13H,1-3H3,(H,16,19). The van der Waals surface area contributed by atoms with Gasteiger partial charge in [-0.1, -0.05) is 30.3 Å². The lowest BCUT2D eigenvalue weighted by Crippen LogP contribution is -2.63. The Balaban J connectivity index is 2.24. The van der Waals surface area contributed by atoms with Gasteiger partial charge in [0.05, 0.1) is 6.21 Å². The molecule has 2 rings (SSSR count). The first-order valence-electron chi connectivity index (χ1n) is 6.59. The first-order valence-corrected chi connectivity index (χ1v) is 7.88. The molecule has 6 nitrogen and oxygen atoms in total. The van der Waals surface area contributed by atoms with Crippen molar-refractivity contribution in [2.45, 2.75) is 25.4 Å². The monoisotopic (exact) mass is 306 g/mol. The third-order valence-corrected chi connectivity index (χ3v) is 3.72. The van der Waals surface area contributed by atoms with Crippen molar-refractivity contribution in [2.75, 3.05) is 6.26 Å². The predicted molar refractivity (Wildman–Crippen MR) is 84.1 cm³/mol. The maximum atomic E-state index is 12.4. The van der Waals surface area contributed by atoms with Crippen LogP contribution in [0.3, 0.4) is 0 Å². The van der Waals surface area contributed by atoms with Gasteiger partial charge in [0.15, 0.2) is 5.50 Å². The number of imide groups is 1. The van der Waals surface area contributed by atoms with Crippen molar-refractivity contribution in [3.05, 3.63) is 35.9 Å². The molecule has 1 unspecified atom stereocenters. The van der Waals surface area contributed by atoms with Gasteiger partial charge < -0.3 is 5.32 Å². The molecule has 1 saturated heterocycles. The van der Waals surface area contributed by atoms with Crippen molar-refractivity contribution in [2.24, 2.45) is 5.10 Å². The van der Waals surface area contributed by atoms with E-state index < -0.39 is 11.5 Å². The molecule has 0 aromatic heterocycles. The van der Waals surface area contributed by atoms with E-state index in [1.165, 1.54) is 16.8 Å². The summed E-state index contributed by atoms with van der Waals surface area (Å²) in [5, 5.41) is 8.28. The van der Waals surface area contributed by atoms with Crippen LogP contribution in [0.1, 0.15) is 19.4 Å². The zero-order valence-corrected chi connectivity index (χ0v) is 13.0. The molecule has 1 fully saturated rings. The minimum absolute atomic E-state index is 0.227. The van der Waals surface area contributed by atoms with Gasteiger partial charge in [0.2, 0.25) is 0 Å². The summed E-state index contributed by atoms with van der Waals surface area (Å²) in [4.78, 5) is 25.5. The molecule has 1 atom stereocenters. The van der Waals surface area contributed by atoms with Crippen LogP contribution in [-0.4, -0.2) is 46.0 Å². The van der Waals surface area contributed by atoms with Crippen molar-refractivity contribution < 1.29 is 9.59 Å². The van der Waals surface area contributed by atoms with Crippen LogP contribution in [0.15, 0.2) is 35.4 Å². The number of carbonyl (C=O) groups is 2. The maximum Gasteiger partial charge on any atom is 0.351 e. The minimum atomic E-state index is -0.500. The van der Waals surface area contributed by atoms with E-state index in [1.807, 2.05) is 36.6 Å². The lowest BCUT2D eigenvalue weighted by molar-refractivity contribution is 0.116. The largest absolute Gasteiger partial charge is 0.351 e. The van der Waals surface area contributed by atoms with Crippen LogP contribution in [0.4, 0.5) is 9.59 Å². The van der Waals surface area contributed by atoms with Crippen molar-refractivity contribution in [1.29, 1.82) is 0 Å². The van der Waals surface area contributed by atoms with E-state index in [0.29, 0.717) is 0 Å². The van der Waals surface area contributed by atoms with Gasteiger partial charge in [-0.25, -0.2) is 14.5 Å². The molecule has 1 aliphatic rings. The van der Waals surface area contributed by atoms with Crippen LogP contribution in [0.2, 0.25) is 0 Å². The Bertz CT molecular complexity index is 547. The molecular weight excluding hydrogens is 288 g/mol. The normalized spacial score (nSPS) is 19.5. The molecule has 0 saturated carbocycles. The van der Waals surface area contributed by atoms with Crippen LogP contribution >= 0.6 is 11.8 Å². The molecule has 0 bridgehead atoms. The van der Waals surface area contributed by atoms with Gasteiger partial charge in [-0.05, 0) is 25.7 Å². The number of hydrazone groups is 1. The molecule has 21 heavy (non-hydrogen) atoms. The number of hydrogen-bond donors (Lipinski definition) is 1. The Hall–Kier alpha value is -2.02. The van der Waals surface area contributed by atoms with Crippen LogP contribution in [0.25, 0.3) is 0 Å². The van der Waals surface area contributed by atoms with Crippen LogP contribution < -0.4 is 5.32 Å². The molecule has 1 aromatic rings. The SMILES string of the molecule is CSC1NC(=O)N(C(C)C)C(=O)N1N=Cc1ccccc1. The summed E-state index contributed by atoms with van der Waals surface area (Å²) >= 11 is 1.34. The van der Waals surface area contributed by atoms with Crippen molar-refractivity contribution in [3.8, 4) is 0 Å². The molecule has 1 aliphatic heterocycles. The van der Waals surface area contributed by atoms with E-state index in [0.717, 1.165) is 10.5 Å². The summed E-state index contributed by atoms with van der Waals surface area (Å²) in [6.45, 7) is 3.58. The number of rotatable bonds is 4. The quantitative estimate of drug-likeness (QED) is 0.869. The maximum absolute atomic E-state index is 12.4. The Labute approximate surface area is 128 Å². The zero-order valence-electron chi connectivity index (χ0n) is 12.2. The van der Waals surface area contributed by atoms with Gasteiger partial charge in [-0.2, -0.15) is 10.1 Å². The van der Waals surface area contributed by atoms with Crippen molar-refractivity contribution >= 4 is 30.0 Å². The first-order chi connectivity index (χ1) is 10.0. The van der Waals surface area contributed by atoms with E-state index >= 15 is 0 Å². The molecular formula is C14H18N4O2S. The summed E-state index contributed by atoms with van der Waals surface area (Å²) in [6.07, 6.45) is 3.42. The first kappa shape index (κ1) is 15.4. The second kappa shape index (κ2) is 6.62. The molecule has 4 amide bonds. The highest BCUT2D eigenvalue weighted by Gasteiger charge is 2.39. The lowest BCUT2D eigenvalue weighted by atomic mass is 10.2. The molecule has 0 aliphatic carbocycles. The fraction of sp³-hybridized carbons (Fsp3) is 0.357. The molecule has 112 valence electrons. The molecule has 7 heteroatoms. The number of urea groups is 2. The molecule has 1 heterocycles. The Kier molecular flexibility index (Phi) is 4.85. The average Bonchev–Trinajstić information content (AvgIpc) is 2.46. The highest BCUT2D eigenvalue weighted by molar-refractivity contribution is 7.99. The van der Waals surface area contributed by atoms with Crippen molar-refractivity contribution in [3.63, 3.8) is 0 Å². The lowest BCUT2D eigenvalue weighted by Gasteiger charge is -2.38. The van der Waals surface area contributed by atoms with E-state index in [9.17, 15) is 9.59 Å². The van der Waals surface area contributed by atoms with E-state index in [4.69, 9.17) is 0 Å². The minimum Gasteiger partial charge on any atom is -0.307 e. The highest BCUT2D eigenvalue weighted by Crippen LogP contribution is 2.20. The van der Waals surface area contributed by atoms with Crippen LogP contribution in [0.5, 0.6) is 0 Å². The summed E-state index contributed by atoms with van der Waals surface area (Å²) in [6, 6.07) is 8.46. The summed E-state index contributed by atoms with van der Waals surface area (Å²) in [5.41, 5.74) is 0.387. The Morgan fingerprint density at radius 1 is 1.29 bits per heavy atom. The Morgan fingerprint density at radius 3 is 2.52 bits per heavy atom. The molecule has 0 radical (unpaired) electrons. The number of nitrogens with zero attached hydrogens (tertiary/aromatic N) is 3. The van der Waals surface area contributed by atoms with Gasteiger partial charge in [0.1, 0.15) is 0 Å². The summed E-state index contributed by atoms with van der Waals surface area (Å²) < 4.78 is 0. The molecule has 1 N–H and O–H groups in total. The number of hydrogen-bond acceptors (Lipinski definition) is 4. The molecule has 1 aromatic carbocycles. The second-order valence-electron chi connectivity index (χ2n) is 4.78. The number of nitrogens with one attached hydrogen (secondary N) is 1. The van der Waals surface area contributed by atoms with E-state index in [1.54, 1.807) is 20.1 Å². The molecule has 0 spiro atoms. The third kappa shape index (κ3) is 3.36.